The molecule has 6 heteroatoms. The summed E-state index contributed by atoms with van der Waals surface area (Å²) in [5, 5.41) is 3.25. The van der Waals surface area contributed by atoms with Crippen LogP contribution in [0.4, 0.5) is 0 Å². The average Bonchev–Trinajstić information content (AvgIpc) is 2.96. The standard InChI is InChI=1S/C17H31N3O2.ClH/c1-18-8-2-14-3-9-19(10-4-14)16-5-11-20(17(16)21)15-6-12-22-13-7-15;/h14-16,18H,2-13H2,1H3;1H. The third-order valence-corrected chi connectivity index (χ3v) is 5.74. The van der Waals surface area contributed by atoms with E-state index in [1.807, 2.05) is 7.05 Å². The highest BCUT2D eigenvalue weighted by Crippen LogP contribution is 2.28. The van der Waals surface area contributed by atoms with E-state index >= 15 is 0 Å². The molecule has 3 fully saturated rings. The van der Waals surface area contributed by atoms with Gasteiger partial charge in [0.05, 0.1) is 6.04 Å². The van der Waals surface area contributed by atoms with E-state index in [2.05, 4.69) is 15.1 Å². The summed E-state index contributed by atoms with van der Waals surface area (Å²) in [6.45, 7) is 5.91. The molecule has 0 radical (unpaired) electrons. The molecule has 1 unspecified atom stereocenters. The third-order valence-electron chi connectivity index (χ3n) is 5.74. The number of halogens is 1. The Hall–Kier alpha value is -0.360. The van der Waals surface area contributed by atoms with Crippen molar-refractivity contribution in [3.63, 3.8) is 0 Å². The van der Waals surface area contributed by atoms with Crippen LogP contribution in [-0.4, -0.2) is 74.2 Å². The monoisotopic (exact) mass is 345 g/mol. The Morgan fingerprint density at radius 1 is 1.09 bits per heavy atom. The van der Waals surface area contributed by atoms with Crippen molar-refractivity contribution in [2.24, 2.45) is 5.92 Å². The lowest BCUT2D eigenvalue weighted by Crippen LogP contribution is -2.48. The summed E-state index contributed by atoms with van der Waals surface area (Å²) >= 11 is 0. The van der Waals surface area contributed by atoms with Crippen LogP contribution >= 0.6 is 12.4 Å². The van der Waals surface area contributed by atoms with Crippen molar-refractivity contribution in [3.8, 4) is 0 Å². The number of nitrogens with zero attached hydrogens (tertiary/aromatic N) is 2. The Bertz CT molecular complexity index is 369. The maximum Gasteiger partial charge on any atom is 0.240 e. The van der Waals surface area contributed by atoms with Gasteiger partial charge >= 0.3 is 0 Å². The second kappa shape index (κ2) is 9.21. The predicted octanol–water partition coefficient (Wildman–Crippen LogP) is 1.51. The molecule has 5 nitrogen and oxygen atoms in total. The number of hydrogen-bond donors (Lipinski definition) is 1. The molecule has 0 aromatic rings. The molecule has 1 amide bonds. The van der Waals surface area contributed by atoms with Gasteiger partial charge in [-0.3, -0.25) is 9.69 Å². The number of rotatable bonds is 5. The van der Waals surface area contributed by atoms with Crippen molar-refractivity contribution in [1.29, 1.82) is 0 Å². The van der Waals surface area contributed by atoms with Crippen molar-refractivity contribution in [2.75, 3.05) is 46.4 Å². The van der Waals surface area contributed by atoms with Crippen LogP contribution < -0.4 is 5.32 Å². The van der Waals surface area contributed by atoms with E-state index in [4.69, 9.17) is 4.74 Å². The molecule has 0 aliphatic carbocycles. The quantitative estimate of drug-likeness (QED) is 0.820. The number of amides is 1. The first kappa shape index (κ1) is 19.0. The molecule has 134 valence electrons. The van der Waals surface area contributed by atoms with E-state index in [9.17, 15) is 4.79 Å². The van der Waals surface area contributed by atoms with Crippen LogP contribution in [0, 0.1) is 5.92 Å². The molecule has 0 aromatic heterocycles. The van der Waals surface area contributed by atoms with Crippen LogP contribution in [0.3, 0.4) is 0 Å². The summed E-state index contributed by atoms with van der Waals surface area (Å²) in [6, 6.07) is 0.590. The van der Waals surface area contributed by atoms with Crippen molar-refractivity contribution >= 4 is 18.3 Å². The lowest BCUT2D eigenvalue weighted by molar-refractivity contribution is -0.136. The summed E-state index contributed by atoms with van der Waals surface area (Å²) in [5.74, 6) is 1.23. The number of piperidine rings is 1. The minimum Gasteiger partial charge on any atom is -0.381 e. The number of nitrogens with one attached hydrogen (secondary N) is 1. The summed E-state index contributed by atoms with van der Waals surface area (Å²) in [4.78, 5) is 17.4. The Morgan fingerprint density at radius 3 is 2.43 bits per heavy atom. The van der Waals surface area contributed by atoms with Crippen LogP contribution in [-0.2, 0) is 9.53 Å². The van der Waals surface area contributed by atoms with Crippen molar-refractivity contribution in [3.05, 3.63) is 0 Å². The molecule has 3 aliphatic rings. The molecule has 23 heavy (non-hydrogen) atoms. The predicted molar refractivity (Wildman–Crippen MR) is 94.0 cm³/mol. The second-order valence-corrected chi connectivity index (χ2v) is 7.05. The van der Waals surface area contributed by atoms with Gasteiger partial charge in [0, 0.05) is 25.8 Å². The maximum atomic E-state index is 12.8. The van der Waals surface area contributed by atoms with E-state index in [0.717, 1.165) is 64.6 Å². The zero-order valence-corrected chi connectivity index (χ0v) is 15.2. The molecule has 3 aliphatic heterocycles. The van der Waals surface area contributed by atoms with Crippen LogP contribution in [0.25, 0.3) is 0 Å². The van der Waals surface area contributed by atoms with Gasteiger partial charge in [-0.1, -0.05) is 0 Å². The zero-order chi connectivity index (χ0) is 15.4. The number of hydrogen-bond acceptors (Lipinski definition) is 4. The van der Waals surface area contributed by atoms with E-state index in [1.54, 1.807) is 0 Å². The molecule has 0 saturated carbocycles. The topological polar surface area (TPSA) is 44.8 Å². The number of carbonyl (C=O) groups is 1. The fourth-order valence-electron chi connectivity index (χ4n) is 4.29. The van der Waals surface area contributed by atoms with E-state index in [-0.39, 0.29) is 18.4 Å². The fourth-order valence-corrected chi connectivity index (χ4v) is 4.29. The first-order chi connectivity index (χ1) is 10.8. The molecule has 3 heterocycles. The first-order valence-corrected chi connectivity index (χ1v) is 9.06. The highest BCUT2D eigenvalue weighted by molar-refractivity contribution is 5.85. The smallest absolute Gasteiger partial charge is 0.240 e. The SMILES string of the molecule is CNCCC1CCN(C2CCN(C3CCOCC3)C2=O)CC1.Cl. The summed E-state index contributed by atoms with van der Waals surface area (Å²) in [7, 11) is 2.03. The van der Waals surface area contributed by atoms with Gasteiger partial charge in [0.1, 0.15) is 0 Å². The van der Waals surface area contributed by atoms with E-state index in [1.165, 1.54) is 19.3 Å². The summed E-state index contributed by atoms with van der Waals surface area (Å²) < 4.78 is 5.43. The maximum absolute atomic E-state index is 12.8. The van der Waals surface area contributed by atoms with Gasteiger partial charge in [0.2, 0.25) is 5.91 Å². The average molecular weight is 346 g/mol. The van der Waals surface area contributed by atoms with Crippen LogP contribution in [0.1, 0.15) is 38.5 Å². The van der Waals surface area contributed by atoms with Crippen LogP contribution in [0.15, 0.2) is 0 Å². The molecule has 0 aromatic carbocycles. The molecule has 1 atom stereocenters. The molecule has 0 spiro atoms. The minimum absolute atomic E-state index is 0. The van der Waals surface area contributed by atoms with Gasteiger partial charge in [0.25, 0.3) is 0 Å². The third kappa shape index (κ3) is 4.59. The molecule has 0 bridgehead atoms. The zero-order valence-electron chi connectivity index (χ0n) is 14.3. The first-order valence-electron chi connectivity index (χ1n) is 9.06. The lowest BCUT2D eigenvalue weighted by Gasteiger charge is -2.36. The number of likely N-dealkylation sites (tertiary alicyclic amines) is 2. The largest absolute Gasteiger partial charge is 0.381 e. The second-order valence-electron chi connectivity index (χ2n) is 7.05. The summed E-state index contributed by atoms with van der Waals surface area (Å²) in [5.41, 5.74) is 0. The minimum atomic E-state index is 0. The number of ether oxygens (including phenoxy) is 1. The van der Waals surface area contributed by atoms with Gasteiger partial charge < -0.3 is 15.0 Å². The van der Waals surface area contributed by atoms with Crippen LogP contribution in [0.2, 0.25) is 0 Å². The highest BCUT2D eigenvalue weighted by Gasteiger charge is 2.40. The molecular formula is C17H32ClN3O2. The van der Waals surface area contributed by atoms with Gasteiger partial charge in [-0.05, 0) is 71.1 Å². The fraction of sp³-hybridized carbons (Fsp3) is 0.941. The molecule has 1 N–H and O–H groups in total. The Labute approximate surface area is 146 Å². The highest BCUT2D eigenvalue weighted by atomic mass is 35.5. The van der Waals surface area contributed by atoms with E-state index < -0.39 is 0 Å². The summed E-state index contributed by atoms with van der Waals surface area (Å²) in [6.07, 6.45) is 6.84. The van der Waals surface area contributed by atoms with Crippen molar-refractivity contribution < 1.29 is 9.53 Å². The Morgan fingerprint density at radius 2 is 1.78 bits per heavy atom. The van der Waals surface area contributed by atoms with Gasteiger partial charge in [-0.2, -0.15) is 0 Å². The number of carbonyl (C=O) groups excluding carboxylic acids is 1. The molecule has 3 rings (SSSR count). The van der Waals surface area contributed by atoms with E-state index in [0.29, 0.717) is 11.9 Å². The Balaban J connectivity index is 0.00000192. The van der Waals surface area contributed by atoms with Gasteiger partial charge in [0.15, 0.2) is 0 Å². The molecule has 3 saturated heterocycles. The Kier molecular flexibility index (Phi) is 7.60. The van der Waals surface area contributed by atoms with Gasteiger partial charge in [-0.15, -0.1) is 12.4 Å². The van der Waals surface area contributed by atoms with Gasteiger partial charge in [-0.25, -0.2) is 0 Å². The molecular weight excluding hydrogens is 314 g/mol. The van der Waals surface area contributed by atoms with Crippen molar-refractivity contribution in [1.82, 2.24) is 15.1 Å². The van der Waals surface area contributed by atoms with Crippen molar-refractivity contribution in [2.45, 2.75) is 50.6 Å². The normalized spacial score (nSPS) is 28.1. The lowest BCUT2D eigenvalue weighted by atomic mass is 9.92. The van der Waals surface area contributed by atoms with Crippen LogP contribution in [0.5, 0.6) is 0 Å².